The summed E-state index contributed by atoms with van der Waals surface area (Å²) in [6.45, 7) is 3.42. The zero-order valence-electron chi connectivity index (χ0n) is 10.8. The predicted octanol–water partition coefficient (Wildman–Crippen LogP) is 0.867. The minimum absolute atomic E-state index is 0.123. The average molecular weight is 285 g/mol. The molecule has 0 aliphatic heterocycles. The summed E-state index contributed by atoms with van der Waals surface area (Å²) in [6, 6.07) is 4.70. The number of benzene rings is 1. The van der Waals surface area contributed by atoms with Crippen molar-refractivity contribution < 1.29 is 9.59 Å². The number of halogens is 1. The van der Waals surface area contributed by atoms with Crippen molar-refractivity contribution in [1.29, 1.82) is 0 Å². The van der Waals surface area contributed by atoms with Crippen molar-refractivity contribution in [2.75, 3.05) is 12.0 Å². The standard InChI is InChI=1S/C12H17ClN4O2/c1-12(2,11(14)19)6-16-10(18)8-5-7(13)3-4-9(8)17-15/h3-5,17H,6,15H2,1-2H3,(H2,14,19)(H,16,18). The second-order valence-electron chi connectivity index (χ2n) is 4.77. The summed E-state index contributed by atoms with van der Waals surface area (Å²) in [6.07, 6.45) is 0. The van der Waals surface area contributed by atoms with Crippen molar-refractivity contribution in [1.82, 2.24) is 5.32 Å². The molecular formula is C12H17ClN4O2. The van der Waals surface area contributed by atoms with E-state index in [4.69, 9.17) is 23.2 Å². The van der Waals surface area contributed by atoms with E-state index in [0.717, 1.165) is 0 Å². The minimum Gasteiger partial charge on any atom is -0.369 e. The molecule has 0 heterocycles. The number of carbonyl (C=O) groups is 2. The molecule has 0 aliphatic carbocycles. The van der Waals surface area contributed by atoms with Gasteiger partial charge in [0.2, 0.25) is 5.91 Å². The van der Waals surface area contributed by atoms with E-state index >= 15 is 0 Å². The largest absolute Gasteiger partial charge is 0.369 e. The first-order chi connectivity index (χ1) is 8.77. The molecule has 0 bridgehead atoms. The van der Waals surface area contributed by atoms with Gasteiger partial charge in [0, 0.05) is 11.6 Å². The van der Waals surface area contributed by atoms with Gasteiger partial charge >= 0.3 is 0 Å². The van der Waals surface area contributed by atoms with Crippen LogP contribution in [0.5, 0.6) is 0 Å². The van der Waals surface area contributed by atoms with E-state index in [1.54, 1.807) is 26.0 Å². The van der Waals surface area contributed by atoms with Crippen LogP contribution in [0.2, 0.25) is 5.02 Å². The molecule has 1 rings (SSSR count). The molecule has 104 valence electrons. The van der Waals surface area contributed by atoms with E-state index < -0.39 is 11.3 Å². The molecule has 6 nitrogen and oxygen atoms in total. The van der Waals surface area contributed by atoms with Gasteiger partial charge in [0.05, 0.1) is 16.7 Å². The number of nitrogens with one attached hydrogen (secondary N) is 2. The normalized spacial score (nSPS) is 10.9. The lowest BCUT2D eigenvalue weighted by Gasteiger charge is -2.21. The van der Waals surface area contributed by atoms with Gasteiger partial charge in [-0.2, -0.15) is 0 Å². The quantitative estimate of drug-likeness (QED) is 0.475. The number of hydrogen-bond acceptors (Lipinski definition) is 4. The van der Waals surface area contributed by atoms with Crippen molar-refractivity contribution in [2.45, 2.75) is 13.8 Å². The molecule has 0 fully saturated rings. The van der Waals surface area contributed by atoms with Gasteiger partial charge in [0.15, 0.2) is 0 Å². The Morgan fingerprint density at radius 1 is 1.37 bits per heavy atom. The summed E-state index contributed by atoms with van der Waals surface area (Å²) in [5.74, 6) is 4.45. The Morgan fingerprint density at radius 3 is 2.53 bits per heavy atom. The van der Waals surface area contributed by atoms with Gasteiger partial charge in [0.25, 0.3) is 5.91 Å². The van der Waals surface area contributed by atoms with E-state index in [2.05, 4.69) is 10.7 Å². The Labute approximate surface area is 116 Å². The molecule has 7 heteroatoms. The van der Waals surface area contributed by atoms with Gasteiger partial charge in [-0.25, -0.2) is 0 Å². The van der Waals surface area contributed by atoms with Gasteiger partial charge in [0.1, 0.15) is 0 Å². The molecular weight excluding hydrogens is 268 g/mol. The zero-order chi connectivity index (χ0) is 14.6. The highest BCUT2D eigenvalue weighted by Gasteiger charge is 2.26. The van der Waals surface area contributed by atoms with Gasteiger partial charge in [-0.05, 0) is 32.0 Å². The molecule has 1 aromatic carbocycles. The lowest BCUT2D eigenvalue weighted by atomic mass is 9.92. The van der Waals surface area contributed by atoms with Crippen LogP contribution in [0.25, 0.3) is 0 Å². The van der Waals surface area contributed by atoms with Gasteiger partial charge < -0.3 is 16.5 Å². The summed E-state index contributed by atoms with van der Waals surface area (Å²) < 4.78 is 0. The first kappa shape index (κ1) is 15.3. The molecule has 2 amide bonds. The zero-order valence-corrected chi connectivity index (χ0v) is 11.5. The molecule has 19 heavy (non-hydrogen) atoms. The van der Waals surface area contributed by atoms with Gasteiger partial charge in [-0.1, -0.05) is 11.6 Å². The topological polar surface area (TPSA) is 110 Å². The SMILES string of the molecule is CC(C)(CNC(=O)c1cc(Cl)ccc1NN)C(N)=O. The molecule has 0 aliphatic rings. The van der Waals surface area contributed by atoms with Crippen LogP contribution in [0, 0.1) is 5.41 Å². The van der Waals surface area contributed by atoms with Gasteiger partial charge in [-0.15, -0.1) is 0 Å². The fourth-order valence-electron chi connectivity index (χ4n) is 1.31. The van der Waals surface area contributed by atoms with Gasteiger partial charge in [-0.3, -0.25) is 15.4 Å². The Balaban J connectivity index is 2.84. The monoisotopic (exact) mass is 284 g/mol. The van der Waals surface area contributed by atoms with Crippen molar-refractivity contribution in [3.8, 4) is 0 Å². The third-order valence-electron chi connectivity index (χ3n) is 2.74. The number of rotatable bonds is 5. The van der Waals surface area contributed by atoms with Crippen LogP contribution in [0.1, 0.15) is 24.2 Å². The number of anilines is 1. The van der Waals surface area contributed by atoms with E-state index in [1.165, 1.54) is 6.07 Å². The fourth-order valence-corrected chi connectivity index (χ4v) is 1.49. The molecule has 0 saturated carbocycles. The summed E-state index contributed by atoms with van der Waals surface area (Å²) in [5, 5.41) is 3.04. The fraction of sp³-hybridized carbons (Fsp3) is 0.333. The molecule has 0 spiro atoms. The number of hydrogen-bond donors (Lipinski definition) is 4. The van der Waals surface area contributed by atoms with Crippen molar-refractivity contribution in [2.24, 2.45) is 17.0 Å². The highest BCUT2D eigenvalue weighted by atomic mass is 35.5. The first-order valence-corrected chi connectivity index (χ1v) is 6.00. The van der Waals surface area contributed by atoms with E-state index in [1.807, 2.05) is 0 Å². The minimum atomic E-state index is -0.829. The molecule has 0 unspecified atom stereocenters. The van der Waals surface area contributed by atoms with Crippen LogP contribution >= 0.6 is 11.6 Å². The van der Waals surface area contributed by atoms with Crippen LogP contribution in [-0.4, -0.2) is 18.4 Å². The molecule has 1 aromatic rings. The summed E-state index contributed by atoms with van der Waals surface area (Å²) >= 11 is 5.84. The van der Waals surface area contributed by atoms with Crippen LogP contribution in [0.3, 0.4) is 0 Å². The van der Waals surface area contributed by atoms with E-state index in [0.29, 0.717) is 16.3 Å². The maximum Gasteiger partial charge on any atom is 0.253 e. The van der Waals surface area contributed by atoms with Crippen LogP contribution in [0.15, 0.2) is 18.2 Å². The second kappa shape index (κ2) is 5.90. The first-order valence-electron chi connectivity index (χ1n) is 5.62. The summed E-state index contributed by atoms with van der Waals surface area (Å²) in [7, 11) is 0. The summed E-state index contributed by atoms with van der Waals surface area (Å²) in [5.41, 5.74) is 7.56. The highest BCUT2D eigenvalue weighted by molar-refractivity contribution is 6.31. The van der Waals surface area contributed by atoms with Crippen LogP contribution < -0.4 is 22.3 Å². The smallest absolute Gasteiger partial charge is 0.253 e. The lowest BCUT2D eigenvalue weighted by molar-refractivity contribution is -0.125. The Hall–Kier alpha value is -1.79. The lowest BCUT2D eigenvalue weighted by Crippen LogP contribution is -2.42. The van der Waals surface area contributed by atoms with E-state index in [-0.39, 0.29) is 12.5 Å². The molecule has 0 saturated heterocycles. The molecule has 6 N–H and O–H groups in total. The predicted molar refractivity (Wildman–Crippen MR) is 74.6 cm³/mol. The highest BCUT2D eigenvalue weighted by Crippen LogP contribution is 2.20. The Kier molecular flexibility index (Phi) is 4.74. The van der Waals surface area contributed by atoms with Crippen molar-refractivity contribution >= 4 is 29.1 Å². The van der Waals surface area contributed by atoms with Crippen molar-refractivity contribution in [3.05, 3.63) is 28.8 Å². The maximum atomic E-state index is 12.0. The Morgan fingerprint density at radius 2 is 2.00 bits per heavy atom. The third-order valence-corrected chi connectivity index (χ3v) is 2.97. The Bertz CT molecular complexity index is 503. The molecule has 0 atom stereocenters. The third kappa shape index (κ3) is 3.84. The number of amides is 2. The molecule has 0 radical (unpaired) electrons. The van der Waals surface area contributed by atoms with Crippen LogP contribution in [-0.2, 0) is 4.79 Å². The maximum absolute atomic E-state index is 12.0. The number of primary amides is 1. The average Bonchev–Trinajstić information content (AvgIpc) is 2.35. The number of carbonyl (C=O) groups excluding carboxylic acids is 2. The molecule has 0 aromatic heterocycles. The summed E-state index contributed by atoms with van der Waals surface area (Å²) in [4.78, 5) is 23.2. The van der Waals surface area contributed by atoms with Crippen molar-refractivity contribution in [3.63, 3.8) is 0 Å². The number of hydrazine groups is 1. The van der Waals surface area contributed by atoms with E-state index in [9.17, 15) is 9.59 Å². The van der Waals surface area contributed by atoms with Crippen LogP contribution in [0.4, 0.5) is 5.69 Å². The number of nitrogens with two attached hydrogens (primary N) is 2. The number of nitrogen functional groups attached to an aromatic ring is 1. The second-order valence-corrected chi connectivity index (χ2v) is 5.20.